The molecule has 0 saturated carbocycles. The second-order valence-electron chi connectivity index (χ2n) is 10.4. The topological polar surface area (TPSA) is 126 Å². The third kappa shape index (κ3) is 13.2. The molecule has 0 aliphatic rings. The second-order valence-corrected chi connectivity index (χ2v) is 10.4. The van der Waals surface area contributed by atoms with E-state index in [4.69, 9.17) is 47.4 Å². The lowest BCUT2D eigenvalue weighted by molar-refractivity contribution is -0.481. The summed E-state index contributed by atoms with van der Waals surface area (Å²) in [5, 5.41) is 0. The molecule has 0 aliphatic carbocycles. The first-order valence-electron chi connectivity index (χ1n) is 16.5. The van der Waals surface area contributed by atoms with Crippen LogP contribution >= 0.6 is 0 Å². The van der Waals surface area contributed by atoms with Crippen molar-refractivity contribution in [3.05, 3.63) is 0 Å². The smallest absolute Gasteiger partial charge is 0.386 e. The van der Waals surface area contributed by atoms with Crippen molar-refractivity contribution in [1.82, 2.24) is 0 Å². The Kier molecular flexibility index (Phi) is 22.3. The minimum absolute atomic E-state index is 0.205. The molecule has 0 bridgehead atoms. The van der Waals surface area contributed by atoms with Crippen LogP contribution in [0, 0.1) is 0 Å². The molecule has 0 rings (SSSR count). The number of carbonyl (C=O) groups excluding carboxylic acids is 2. The minimum atomic E-state index is -2.01. The van der Waals surface area contributed by atoms with Gasteiger partial charge in [-0.1, -0.05) is 41.5 Å². The van der Waals surface area contributed by atoms with E-state index in [1.807, 2.05) is 41.5 Å². The maximum atomic E-state index is 13.4. The molecule has 12 nitrogen and oxygen atoms in total. The summed E-state index contributed by atoms with van der Waals surface area (Å²) in [6.45, 7) is 20.3. The van der Waals surface area contributed by atoms with Crippen molar-refractivity contribution >= 4 is 11.9 Å². The summed E-state index contributed by atoms with van der Waals surface area (Å²) < 4.78 is 59.9. The first-order valence-corrected chi connectivity index (χ1v) is 16.5. The molecule has 0 spiro atoms. The molecule has 0 aromatic heterocycles. The van der Waals surface area contributed by atoms with Crippen LogP contribution in [0.1, 0.15) is 121 Å². The zero-order chi connectivity index (χ0) is 33.5. The second kappa shape index (κ2) is 23.0. The number of hydrogen-bond donors (Lipinski definition) is 0. The van der Waals surface area contributed by atoms with E-state index in [-0.39, 0.29) is 52.5 Å². The number of rotatable bonds is 29. The van der Waals surface area contributed by atoms with Gasteiger partial charge in [-0.25, -0.2) is 0 Å². The maximum Gasteiger partial charge on any atom is 0.386 e. The predicted molar refractivity (Wildman–Crippen MR) is 164 cm³/mol. The van der Waals surface area contributed by atoms with E-state index in [9.17, 15) is 9.59 Å². The van der Waals surface area contributed by atoms with Gasteiger partial charge in [-0.15, -0.1) is 0 Å². The molecular formula is C32H62O12. The van der Waals surface area contributed by atoms with E-state index in [0.29, 0.717) is 51.7 Å². The average molecular weight is 639 g/mol. The summed E-state index contributed by atoms with van der Waals surface area (Å²) in [5.74, 6) is -8.72. The Hall–Kier alpha value is -1.38. The van der Waals surface area contributed by atoms with Crippen molar-refractivity contribution in [2.75, 3.05) is 52.9 Å². The Labute approximate surface area is 266 Å². The molecule has 0 aliphatic heterocycles. The van der Waals surface area contributed by atoms with Gasteiger partial charge >= 0.3 is 23.9 Å². The summed E-state index contributed by atoms with van der Waals surface area (Å²) >= 11 is 0. The van der Waals surface area contributed by atoms with Gasteiger partial charge in [0.15, 0.2) is 0 Å². The van der Waals surface area contributed by atoms with E-state index in [1.165, 1.54) is 0 Å². The highest BCUT2D eigenvalue weighted by Crippen LogP contribution is 2.37. The third-order valence-corrected chi connectivity index (χ3v) is 6.13. The molecule has 0 heterocycles. The van der Waals surface area contributed by atoms with Crippen LogP contribution in [0.4, 0.5) is 0 Å². The van der Waals surface area contributed by atoms with Gasteiger partial charge in [-0.05, 0) is 66.2 Å². The summed E-state index contributed by atoms with van der Waals surface area (Å²) in [6.07, 6.45) is 3.12. The van der Waals surface area contributed by atoms with Crippen LogP contribution in [-0.2, 0) is 57.0 Å². The van der Waals surface area contributed by atoms with Gasteiger partial charge in [0.1, 0.15) is 0 Å². The van der Waals surface area contributed by atoms with Crippen molar-refractivity contribution in [3.8, 4) is 0 Å². The van der Waals surface area contributed by atoms with Crippen molar-refractivity contribution in [2.45, 2.75) is 144 Å². The van der Waals surface area contributed by atoms with Gasteiger partial charge in [0, 0.05) is 13.2 Å². The zero-order valence-electron chi connectivity index (χ0n) is 29.2. The molecule has 0 amide bonds. The van der Waals surface area contributed by atoms with Gasteiger partial charge in [-0.2, -0.15) is 0 Å². The van der Waals surface area contributed by atoms with Gasteiger partial charge in [0.2, 0.25) is 0 Å². The Bertz CT molecular complexity index is 686. The summed E-state index contributed by atoms with van der Waals surface area (Å²) in [6, 6.07) is 0. The molecule has 0 radical (unpaired) electrons. The zero-order valence-corrected chi connectivity index (χ0v) is 29.2. The lowest BCUT2D eigenvalue weighted by Crippen LogP contribution is -2.62. The number of esters is 2. The van der Waals surface area contributed by atoms with Crippen LogP contribution in [0.25, 0.3) is 0 Å². The Morgan fingerprint density at radius 3 is 0.886 bits per heavy atom. The lowest BCUT2D eigenvalue weighted by atomic mass is 10.2. The summed E-state index contributed by atoms with van der Waals surface area (Å²) in [7, 11) is 0. The van der Waals surface area contributed by atoms with Crippen LogP contribution in [0.5, 0.6) is 0 Å². The van der Waals surface area contributed by atoms with Crippen LogP contribution in [0.2, 0.25) is 0 Å². The van der Waals surface area contributed by atoms with E-state index in [1.54, 1.807) is 27.7 Å². The highest BCUT2D eigenvalue weighted by atomic mass is 16.9. The normalized spacial score (nSPS) is 15.0. The molecule has 44 heavy (non-hydrogen) atoms. The van der Waals surface area contributed by atoms with E-state index in [2.05, 4.69) is 0 Å². The quantitative estimate of drug-likeness (QED) is 0.0681. The summed E-state index contributed by atoms with van der Waals surface area (Å²) in [5.41, 5.74) is 0. The number of ether oxygens (including phenoxy) is 10. The Morgan fingerprint density at radius 2 is 0.659 bits per heavy atom. The fourth-order valence-electron chi connectivity index (χ4n) is 4.04. The van der Waals surface area contributed by atoms with Crippen molar-refractivity contribution in [3.63, 3.8) is 0 Å². The number of hydrogen-bond acceptors (Lipinski definition) is 12. The molecule has 0 aromatic carbocycles. The van der Waals surface area contributed by atoms with E-state index >= 15 is 0 Å². The van der Waals surface area contributed by atoms with Gasteiger partial charge in [-0.3, -0.25) is 9.59 Å². The first kappa shape index (κ1) is 42.6. The SMILES string of the molecule is CCCOC(C)(OCC)C(OCCC)(OCCC)OC(=O)CCC(=O)OC(OCCC)(OCCC)C(C)(OCC)OCCC. The predicted octanol–water partition coefficient (Wildman–Crippen LogP) is 6.23. The molecule has 0 N–H and O–H groups in total. The van der Waals surface area contributed by atoms with Crippen LogP contribution in [0.15, 0.2) is 0 Å². The molecule has 0 aromatic rings. The monoisotopic (exact) mass is 638 g/mol. The Morgan fingerprint density at radius 1 is 0.409 bits per heavy atom. The average Bonchev–Trinajstić information content (AvgIpc) is 3.00. The molecule has 0 saturated heterocycles. The van der Waals surface area contributed by atoms with Crippen molar-refractivity contribution in [1.29, 1.82) is 0 Å². The first-order chi connectivity index (χ1) is 21.0. The fourth-order valence-corrected chi connectivity index (χ4v) is 4.04. The fraction of sp³-hybridized carbons (Fsp3) is 0.938. The maximum absolute atomic E-state index is 13.4. The highest BCUT2D eigenvalue weighted by molar-refractivity contribution is 5.78. The largest absolute Gasteiger partial charge is 0.403 e. The third-order valence-electron chi connectivity index (χ3n) is 6.13. The lowest BCUT2D eigenvalue weighted by Gasteiger charge is -2.44. The van der Waals surface area contributed by atoms with Crippen LogP contribution in [0.3, 0.4) is 0 Å². The molecular weight excluding hydrogens is 576 g/mol. The molecule has 2 atom stereocenters. The number of carbonyl (C=O) groups is 2. The van der Waals surface area contributed by atoms with E-state index < -0.39 is 35.5 Å². The Balaban J connectivity index is 6.22. The molecule has 262 valence electrons. The standard InChI is InChI=1S/C32H62O12/c1-11-21-37-29(9,35-17-7)31(39-23-13-3,40-24-14-4)43-27(33)19-20-28(34)44-32(41-25-15-5,42-26-16-6)30(10,36-18-8)38-22-12-2/h11-26H2,1-10H3. The molecule has 12 heteroatoms. The van der Waals surface area contributed by atoms with Crippen LogP contribution < -0.4 is 0 Å². The minimum Gasteiger partial charge on any atom is -0.403 e. The van der Waals surface area contributed by atoms with E-state index in [0.717, 1.165) is 0 Å². The van der Waals surface area contributed by atoms with Crippen LogP contribution in [-0.4, -0.2) is 88.3 Å². The summed E-state index contributed by atoms with van der Waals surface area (Å²) in [4.78, 5) is 26.7. The van der Waals surface area contributed by atoms with Gasteiger partial charge in [0.25, 0.3) is 11.6 Å². The van der Waals surface area contributed by atoms with Gasteiger partial charge < -0.3 is 47.4 Å². The van der Waals surface area contributed by atoms with Crippen molar-refractivity contribution in [2.24, 2.45) is 0 Å². The molecule has 2 unspecified atom stereocenters. The van der Waals surface area contributed by atoms with Crippen molar-refractivity contribution < 1.29 is 57.0 Å². The molecule has 0 fully saturated rings. The van der Waals surface area contributed by atoms with Gasteiger partial charge in [0.05, 0.1) is 52.5 Å². The highest BCUT2D eigenvalue weighted by Gasteiger charge is 2.59.